The summed E-state index contributed by atoms with van der Waals surface area (Å²) in [4.78, 5) is 13.3. The lowest BCUT2D eigenvalue weighted by Crippen LogP contribution is -2.27. The van der Waals surface area contributed by atoms with Crippen LogP contribution in [0.2, 0.25) is 5.15 Å². The molecule has 0 saturated carbocycles. The van der Waals surface area contributed by atoms with E-state index in [0.717, 1.165) is 13.1 Å². The summed E-state index contributed by atoms with van der Waals surface area (Å²) in [6.07, 6.45) is 0. The first kappa shape index (κ1) is 12.6. The van der Waals surface area contributed by atoms with E-state index in [1.807, 2.05) is 9.44 Å². The maximum Gasteiger partial charge on any atom is 0.312 e. The van der Waals surface area contributed by atoms with Crippen molar-refractivity contribution in [2.75, 3.05) is 11.8 Å². The molecule has 0 atom stereocenters. The molecule has 0 radical (unpaired) electrons. The molecule has 0 aliphatic rings. The van der Waals surface area contributed by atoms with E-state index in [4.69, 9.17) is 11.6 Å². The Kier molecular flexibility index (Phi) is 3.62. The average molecular weight is 267 g/mol. The highest BCUT2D eigenvalue weighted by atomic mass is 35.5. The Morgan fingerprint density at radius 3 is 2.62 bits per heavy atom. The molecule has 0 spiro atoms. The molecular weight excluding hydrogens is 260 g/mol. The number of anilines is 1. The van der Waals surface area contributed by atoms with Gasteiger partial charge in [0.2, 0.25) is 5.82 Å². The second kappa shape index (κ2) is 4.60. The van der Waals surface area contributed by atoms with E-state index in [1.54, 1.807) is 0 Å². The van der Waals surface area contributed by atoms with Crippen molar-refractivity contribution in [3.8, 4) is 0 Å². The third-order valence-corrected chi connectivity index (χ3v) is 2.75. The summed E-state index contributed by atoms with van der Waals surface area (Å²) in [5, 5.41) is 10.5. The van der Waals surface area contributed by atoms with Gasteiger partial charge in [-0.2, -0.15) is 8.42 Å². The van der Waals surface area contributed by atoms with Crippen molar-refractivity contribution >= 4 is 33.3 Å². The highest BCUT2D eigenvalue weighted by Crippen LogP contribution is 2.24. The molecule has 1 aromatic heterocycles. The standard InChI is InChI=1S/C6H7ClN4O4S/c1-8-16(14,15)10-6-4(11(12)13)2-3-5(7)9-6/h2-3,8H,1H3,(H,9,10). The van der Waals surface area contributed by atoms with Gasteiger partial charge in [0, 0.05) is 13.1 Å². The van der Waals surface area contributed by atoms with E-state index in [-0.39, 0.29) is 5.15 Å². The van der Waals surface area contributed by atoms with Gasteiger partial charge < -0.3 is 0 Å². The number of nitrogens with one attached hydrogen (secondary N) is 2. The van der Waals surface area contributed by atoms with Crippen LogP contribution in [0.5, 0.6) is 0 Å². The average Bonchev–Trinajstić information content (AvgIpc) is 2.16. The first-order chi connectivity index (χ1) is 7.35. The fraction of sp³-hybridized carbons (Fsp3) is 0.167. The summed E-state index contributed by atoms with van der Waals surface area (Å²) in [6.45, 7) is 0. The Hall–Kier alpha value is -1.45. The minimum atomic E-state index is -3.87. The summed E-state index contributed by atoms with van der Waals surface area (Å²) in [5.41, 5.74) is -0.483. The van der Waals surface area contributed by atoms with Gasteiger partial charge in [0.25, 0.3) is 10.2 Å². The third-order valence-electron chi connectivity index (χ3n) is 1.54. The van der Waals surface area contributed by atoms with Gasteiger partial charge in [0.05, 0.1) is 4.92 Å². The molecule has 0 saturated heterocycles. The second-order valence-corrected chi connectivity index (χ2v) is 4.57. The summed E-state index contributed by atoms with van der Waals surface area (Å²) in [7, 11) is -2.72. The number of nitro groups is 1. The Morgan fingerprint density at radius 2 is 2.12 bits per heavy atom. The molecule has 1 heterocycles. The molecule has 8 nitrogen and oxygen atoms in total. The van der Waals surface area contributed by atoms with Crippen LogP contribution >= 0.6 is 11.6 Å². The molecule has 1 rings (SSSR count). The lowest BCUT2D eigenvalue weighted by Gasteiger charge is -2.05. The van der Waals surface area contributed by atoms with Gasteiger partial charge in [-0.25, -0.2) is 14.4 Å². The van der Waals surface area contributed by atoms with Gasteiger partial charge in [0.1, 0.15) is 5.15 Å². The topological polar surface area (TPSA) is 114 Å². The number of nitrogens with zero attached hydrogens (tertiary/aromatic N) is 2. The van der Waals surface area contributed by atoms with E-state index in [2.05, 4.69) is 4.98 Å². The van der Waals surface area contributed by atoms with Crippen molar-refractivity contribution in [1.29, 1.82) is 0 Å². The first-order valence-electron chi connectivity index (χ1n) is 3.88. The number of hydrogen-bond donors (Lipinski definition) is 2. The van der Waals surface area contributed by atoms with Crippen LogP contribution in [0.15, 0.2) is 12.1 Å². The van der Waals surface area contributed by atoms with Crippen molar-refractivity contribution in [1.82, 2.24) is 9.71 Å². The van der Waals surface area contributed by atoms with E-state index < -0.39 is 26.6 Å². The fourth-order valence-electron chi connectivity index (χ4n) is 0.829. The van der Waals surface area contributed by atoms with Gasteiger partial charge in [-0.1, -0.05) is 11.6 Å². The highest BCUT2D eigenvalue weighted by molar-refractivity contribution is 7.90. The zero-order chi connectivity index (χ0) is 12.3. The van der Waals surface area contributed by atoms with Gasteiger partial charge in [-0.3, -0.25) is 10.1 Å². The lowest BCUT2D eigenvalue weighted by atomic mass is 10.4. The van der Waals surface area contributed by atoms with Crippen LogP contribution in [0.1, 0.15) is 0 Å². The fourth-order valence-corrected chi connectivity index (χ4v) is 1.48. The van der Waals surface area contributed by atoms with Gasteiger partial charge in [-0.15, -0.1) is 0 Å². The Bertz CT molecular complexity index is 517. The SMILES string of the molecule is CNS(=O)(=O)Nc1nc(Cl)ccc1[N+](=O)[O-]. The molecule has 1 aromatic rings. The number of pyridine rings is 1. The summed E-state index contributed by atoms with van der Waals surface area (Å²) >= 11 is 5.50. The third kappa shape index (κ3) is 3.02. The smallest absolute Gasteiger partial charge is 0.258 e. The zero-order valence-corrected chi connectivity index (χ0v) is 9.54. The number of rotatable bonds is 4. The predicted octanol–water partition coefficient (Wildman–Crippen LogP) is 0.519. The highest BCUT2D eigenvalue weighted by Gasteiger charge is 2.19. The molecule has 0 amide bonds. The molecule has 0 aliphatic heterocycles. The minimum absolute atomic E-state index is 0.0561. The van der Waals surface area contributed by atoms with Crippen LogP contribution in [0.25, 0.3) is 0 Å². The van der Waals surface area contributed by atoms with E-state index in [9.17, 15) is 18.5 Å². The Labute approximate surface area is 96.0 Å². The quantitative estimate of drug-likeness (QED) is 0.468. The minimum Gasteiger partial charge on any atom is -0.258 e. The monoisotopic (exact) mass is 266 g/mol. The largest absolute Gasteiger partial charge is 0.312 e. The van der Waals surface area contributed by atoms with Crippen molar-refractivity contribution < 1.29 is 13.3 Å². The van der Waals surface area contributed by atoms with Crippen molar-refractivity contribution in [2.24, 2.45) is 0 Å². The van der Waals surface area contributed by atoms with Crippen molar-refractivity contribution in [3.63, 3.8) is 0 Å². The Balaban J connectivity index is 3.21. The molecule has 16 heavy (non-hydrogen) atoms. The lowest BCUT2D eigenvalue weighted by molar-refractivity contribution is -0.384. The first-order valence-corrected chi connectivity index (χ1v) is 5.74. The normalized spacial score (nSPS) is 11.1. The van der Waals surface area contributed by atoms with Crippen molar-refractivity contribution in [2.45, 2.75) is 0 Å². The molecule has 0 unspecified atom stereocenters. The molecule has 2 N–H and O–H groups in total. The number of halogens is 1. The van der Waals surface area contributed by atoms with Gasteiger partial charge in [-0.05, 0) is 6.07 Å². The van der Waals surface area contributed by atoms with Crippen molar-refractivity contribution in [3.05, 3.63) is 27.4 Å². The molecule has 88 valence electrons. The van der Waals surface area contributed by atoms with Crippen LogP contribution in [0.4, 0.5) is 11.5 Å². The van der Waals surface area contributed by atoms with Crippen LogP contribution < -0.4 is 9.44 Å². The molecule has 0 fully saturated rings. The number of hydrogen-bond acceptors (Lipinski definition) is 5. The van der Waals surface area contributed by atoms with Gasteiger partial charge >= 0.3 is 5.69 Å². The van der Waals surface area contributed by atoms with E-state index in [0.29, 0.717) is 0 Å². The zero-order valence-electron chi connectivity index (χ0n) is 7.97. The predicted molar refractivity (Wildman–Crippen MR) is 57.5 cm³/mol. The molecule has 0 bridgehead atoms. The number of aromatic nitrogens is 1. The van der Waals surface area contributed by atoms with E-state index >= 15 is 0 Å². The second-order valence-electron chi connectivity index (χ2n) is 2.57. The molecular formula is C6H7ClN4O4S. The molecule has 0 aromatic carbocycles. The summed E-state index contributed by atoms with van der Waals surface area (Å²) in [6, 6.07) is 2.25. The molecule has 10 heteroatoms. The summed E-state index contributed by atoms with van der Waals surface area (Å²) < 4.78 is 26.1. The van der Waals surface area contributed by atoms with Crippen LogP contribution in [0.3, 0.4) is 0 Å². The maximum absolute atomic E-state index is 11.1. The summed E-state index contributed by atoms with van der Waals surface area (Å²) in [5.74, 6) is -0.438. The maximum atomic E-state index is 11.1. The van der Waals surface area contributed by atoms with Crippen LogP contribution in [-0.2, 0) is 10.2 Å². The van der Waals surface area contributed by atoms with Gasteiger partial charge in [0.15, 0.2) is 0 Å². The molecule has 0 aliphatic carbocycles. The van der Waals surface area contributed by atoms with Crippen LogP contribution in [-0.4, -0.2) is 25.4 Å². The van der Waals surface area contributed by atoms with E-state index in [1.165, 1.54) is 6.07 Å². The Morgan fingerprint density at radius 1 is 1.50 bits per heavy atom. The van der Waals surface area contributed by atoms with Crippen LogP contribution in [0, 0.1) is 10.1 Å².